The van der Waals surface area contributed by atoms with Gasteiger partial charge in [-0.3, -0.25) is 4.98 Å². The number of pyridine rings is 2. The van der Waals surface area contributed by atoms with Gasteiger partial charge in [0.15, 0.2) is 0 Å². The van der Waals surface area contributed by atoms with Gasteiger partial charge in [-0.05, 0) is 42.5 Å². The van der Waals surface area contributed by atoms with Crippen molar-refractivity contribution in [1.82, 2.24) is 9.97 Å². The van der Waals surface area contributed by atoms with E-state index in [4.69, 9.17) is 0 Å². The van der Waals surface area contributed by atoms with Crippen LogP contribution < -0.4 is 0 Å². The smallest absolute Gasteiger partial charge is 0.261 e. The maximum Gasteiger partial charge on any atom is 0.433 e. The maximum absolute atomic E-state index is 13.4. The largest absolute Gasteiger partial charge is 0.433 e. The predicted octanol–water partition coefficient (Wildman–Crippen LogP) is 5.48. The topological polar surface area (TPSA) is 25.8 Å². The van der Waals surface area contributed by atoms with Crippen LogP contribution in [0.15, 0.2) is 60.9 Å². The van der Waals surface area contributed by atoms with Crippen molar-refractivity contribution >= 4 is 0 Å². The van der Waals surface area contributed by atoms with Gasteiger partial charge < -0.3 is 0 Å². The van der Waals surface area contributed by atoms with Crippen molar-refractivity contribution in [3.8, 4) is 11.3 Å². The molecule has 26 heavy (non-hydrogen) atoms. The molecule has 0 unspecified atom stereocenters. The van der Waals surface area contributed by atoms with E-state index in [1.54, 1.807) is 0 Å². The van der Waals surface area contributed by atoms with E-state index in [1.165, 1.54) is 18.3 Å². The summed E-state index contributed by atoms with van der Waals surface area (Å²) in [6.45, 7) is 0. The normalized spacial score (nSPS) is 11.5. The van der Waals surface area contributed by atoms with Gasteiger partial charge in [0.05, 0.1) is 11.9 Å². The van der Waals surface area contributed by atoms with Crippen LogP contribution in [0.25, 0.3) is 11.3 Å². The third-order valence-corrected chi connectivity index (χ3v) is 4.00. The Balaban J connectivity index is 1.83. The number of alkyl halides is 3. The summed E-state index contributed by atoms with van der Waals surface area (Å²) in [7, 11) is 0. The minimum Gasteiger partial charge on any atom is -0.261 e. The first-order valence-corrected chi connectivity index (χ1v) is 8.15. The molecule has 0 fully saturated rings. The monoisotopic (exact) mass is 360 g/mol. The molecular formula is C20H16F4N2. The van der Waals surface area contributed by atoms with Crippen molar-refractivity contribution in [2.75, 3.05) is 0 Å². The fourth-order valence-corrected chi connectivity index (χ4v) is 2.78. The van der Waals surface area contributed by atoms with Crippen LogP contribution in [-0.2, 0) is 19.0 Å². The SMILES string of the molecule is Fc1cncc(-c2ccc(CCCc3ccccc3)c(C(F)(F)F)n2)c1. The molecule has 0 aliphatic rings. The predicted molar refractivity (Wildman–Crippen MR) is 90.9 cm³/mol. The quantitative estimate of drug-likeness (QED) is 0.563. The Morgan fingerprint density at radius 1 is 0.885 bits per heavy atom. The van der Waals surface area contributed by atoms with E-state index in [2.05, 4.69) is 9.97 Å². The zero-order valence-corrected chi connectivity index (χ0v) is 13.8. The first-order chi connectivity index (χ1) is 12.4. The molecule has 1 aromatic carbocycles. The summed E-state index contributed by atoms with van der Waals surface area (Å²) in [6.07, 6.45) is -0.757. The van der Waals surface area contributed by atoms with Crippen LogP contribution in [0.3, 0.4) is 0 Å². The van der Waals surface area contributed by atoms with Crippen molar-refractivity contribution < 1.29 is 17.6 Å². The third kappa shape index (κ3) is 4.45. The average Bonchev–Trinajstić information content (AvgIpc) is 2.62. The Kier molecular flexibility index (Phi) is 5.30. The number of aryl methyl sites for hydroxylation is 2. The van der Waals surface area contributed by atoms with Crippen molar-refractivity contribution in [2.45, 2.75) is 25.4 Å². The number of halogens is 4. The third-order valence-electron chi connectivity index (χ3n) is 4.00. The Morgan fingerprint density at radius 2 is 1.65 bits per heavy atom. The molecule has 0 bridgehead atoms. The van der Waals surface area contributed by atoms with Crippen LogP contribution in [0.1, 0.15) is 23.2 Å². The molecule has 0 amide bonds. The van der Waals surface area contributed by atoms with Gasteiger partial charge in [-0.2, -0.15) is 13.2 Å². The van der Waals surface area contributed by atoms with Crippen LogP contribution in [0.4, 0.5) is 17.6 Å². The Bertz CT molecular complexity index is 876. The van der Waals surface area contributed by atoms with Crippen LogP contribution in [0, 0.1) is 5.82 Å². The number of hydrogen-bond acceptors (Lipinski definition) is 2. The van der Waals surface area contributed by atoms with E-state index >= 15 is 0 Å². The lowest BCUT2D eigenvalue weighted by Crippen LogP contribution is -2.13. The Morgan fingerprint density at radius 3 is 2.35 bits per heavy atom. The second-order valence-electron chi connectivity index (χ2n) is 5.93. The van der Waals surface area contributed by atoms with Gasteiger partial charge in [0.25, 0.3) is 0 Å². The number of aromatic nitrogens is 2. The van der Waals surface area contributed by atoms with Gasteiger partial charge in [0, 0.05) is 11.8 Å². The van der Waals surface area contributed by atoms with Crippen molar-refractivity contribution in [1.29, 1.82) is 0 Å². The van der Waals surface area contributed by atoms with E-state index in [-0.39, 0.29) is 23.2 Å². The van der Waals surface area contributed by atoms with E-state index < -0.39 is 17.7 Å². The van der Waals surface area contributed by atoms with Gasteiger partial charge in [-0.25, -0.2) is 9.37 Å². The lowest BCUT2D eigenvalue weighted by atomic mass is 10.0. The summed E-state index contributed by atoms with van der Waals surface area (Å²) < 4.78 is 53.5. The van der Waals surface area contributed by atoms with E-state index in [1.807, 2.05) is 30.3 Å². The number of rotatable bonds is 5. The molecule has 3 aromatic rings. The first-order valence-electron chi connectivity index (χ1n) is 8.15. The highest BCUT2D eigenvalue weighted by Gasteiger charge is 2.35. The van der Waals surface area contributed by atoms with Gasteiger partial charge in [-0.1, -0.05) is 36.4 Å². The van der Waals surface area contributed by atoms with Crippen molar-refractivity contribution in [3.05, 3.63) is 83.6 Å². The molecule has 2 heterocycles. The first kappa shape index (κ1) is 18.0. The van der Waals surface area contributed by atoms with Gasteiger partial charge in [0.2, 0.25) is 0 Å². The molecule has 6 heteroatoms. The second-order valence-corrected chi connectivity index (χ2v) is 5.93. The zero-order chi connectivity index (χ0) is 18.6. The molecule has 0 atom stereocenters. The molecule has 3 rings (SSSR count). The van der Waals surface area contributed by atoms with Crippen LogP contribution in [0.5, 0.6) is 0 Å². The summed E-state index contributed by atoms with van der Waals surface area (Å²) >= 11 is 0. The van der Waals surface area contributed by atoms with Crippen LogP contribution in [-0.4, -0.2) is 9.97 Å². The van der Waals surface area contributed by atoms with Crippen LogP contribution >= 0.6 is 0 Å². The van der Waals surface area contributed by atoms with Gasteiger partial charge in [0.1, 0.15) is 11.5 Å². The van der Waals surface area contributed by atoms with Crippen LogP contribution in [0.2, 0.25) is 0 Å². The lowest BCUT2D eigenvalue weighted by molar-refractivity contribution is -0.141. The van der Waals surface area contributed by atoms with Crippen molar-refractivity contribution in [3.63, 3.8) is 0 Å². The highest BCUT2D eigenvalue weighted by atomic mass is 19.4. The zero-order valence-electron chi connectivity index (χ0n) is 13.8. The highest BCUT2D eigenvalue weighted by Crippen LogP contribution is 2.33. The summed E-state index contributed by atoms with van der Waals surface area (Å²) in [5.74, 6) is -0.621. The molecule has 0 aliphatic carbocycles. The molecule has 0 aliphatic heterocycles. The van der Waals surface area contributed by atoms with Crippen molar-refractivity contribution in [2.24, 2.45) is 0 Å². The minimum absolute atomic E-state index is 0.0520. The number of nitrogens with zero attached hydrogens (tertiary/aromatic N) is 2. The summed E-state index contributed by atoms with van der Waals surface area (Å²) in [6, 6.07) is 13.6. The highest BCUT2D eigenvalue weighted by molar-refractivity contribution is 5.58. The van der Waals surface area contributed by atoms with Gasteiger partial charge in [-0.15, -0.1) is 0 Å². The Labute approximate surface area is 148 Å². The fraction of sp³-hybridized carbons (Fsp3) is 0.200. The lowest BCUT2D eigenvalue weighted by Gasteiger charge is -2.13. The molecule has 2 nitrogen and oxygen atoms in total. The second kappa shape index (κ2) is 7.64. The minimum atomic E-state index is -4.57. The number of hydrogen-bond donors (Lipinski definition) is 0. The standard InChI is InChI=1S/C20H16F4N2/c21-17-11-16(12-25-13-17)18-10-9-15(19(26-18)20(22,23)24)8-4-7-14-5-2-1-3-6-14/h1-3,5-6,9-13H,4,7-8H2. The molecule has 0 saturated carbocycles. The molecule has 134 valence electrons. The Hall–Kier alpha value is -2.76. The molecule has 0 spiro atoms. The molecule has 0 N–H and O–H groups in total. The number of benzene rings is 1. The maximum atomic E-state index is 13.4. The van der Waals surface area contributed by atoms with Gasteiger partial charge >= 0.3 is 6.18 Å². The summed E-state index contributed by atoms with van der Waals surface area (Å²) in [5, 5.41) is 0. The summed E-state index contributed by atoms with van der Waals surface area (Å²) in [4.78, 5) is 7.41. The molecule has 2 aromatic heterocycles. The summed E-state index contributed by atoms with van der Waals surface area (Å²) in [5.41, 5.74) is 0.563. The fourth-order valence-electron chi connectivity index (χ4n) is 2.78. The van der Waals surface area contributed by atoms with E-state index in [0.29, 0.717) is 12.8 Å². The molecule has 0 saturated heterocycles. The molecular weight excluding hydrogens is 344 g/mol. The van der Waals surface area contributed by atoms with E-state index in [9.17, 15) is 17.6 Å². The van der Waals surface area contributed by atoms with E-state index in [0.717, 1.165) is 17.8 Å². The average molecular weight is 360 g/mol. The molecule has 0 radical (unpaired) electrons.